The number of anilines is 1. The predicted molar refractivity (Wildman–Crippen MR) is 101 cm³/mol. The van der Waals surface area contributed by atoms with E-state index < -0.39 is 31.1 Å². The number of fused-ring (bicyclic) bond motifs is 1. The van der Waals surface area contributed by atoms with E-state index >= 15 is 0 Å². The summed E-state index contributed by atoms with van der Waals surface area (Å²) in [6.45, 7) is 0.220. The van der Waals surface area contributed by atoms with Crippen molar-refractivity contribution in [3.05, 3.63) is 24.5 Å². The van der Waals surface area contributed by atoms with Gasteiger partial charge in [-0.2, -0.15) is 0 Å². The summed E-state index contributed by atoms with van der Waals surface area (Å²) < 4.78 is 7.09. The van der Waals surface area contributed by atoms with Crippen LogP contribution in [-0.2, 0) is 11.2 Å². The van der Waals surface area contributed by atoms with Crippen LogP contribution >= 0.6 is 11.8 Å². The lowest BCUT2D eigenvalue weighted by Crippen LogP contribution is -2.33. The number of hydrogen-bond acceptors (Lipinski definition) is 10. The number of nitrogens with zero attached hydrogens (tertiary/aromatic N) is 5. The molecule has 1 aliphatic heterocycles. The van der Waals surface area contributed by atoms with Gasteiger partial charge in [0.15, 0.2) is 28.4 Å². The van der Waals surface area contributed by atoms with Crippen LogP contribution in [0.5, 0.6) is 0 Å². The second kappa shape index (κ2) is 8.01. The third-order valence-corrected chi connectivity index (χ3v) is 5.23. The van der Waals surface area contributed by atoms with Crippen molar-refractivity contribution >= 4 is 28.7 Å². The quantitative estimate of drug-likeness (QED) is 0.325. The summed E-state index contributed by atoms with van der Waals surface area (Å²) in [5.74, 6) is 0.556. The summed E-state index contributed by atoms with van der Waals surface area (Å²) in [5.41, 5.74) is 1.99. The fraction of sp³-hybridized carbons (Fsp3) is 0.500. The number of imidazole rings is 2. The average Bonchev–Trinajstić information content (AvgIpc) is 3.41. The Morgan fingerprint density at radius 3 is 2.82 bits per heavy atom. The minimum atomic E-state index is -1.20. The lowest BCUT2D eigenvalue weighted by atomic mass is 10.1. The summed E-state index contributed by atoms with van der Waals surface area (Å²) in [6, 6.07) is 0. The molecule has 3 aromatic heterocycles. The Labute approximate surface area is 164 Å². The number of nitrogens with one attached hydrogen (secondary N) is 2. The van der Waals surface area contributed by atoms with Crippen LogP contribution in [0.1, 0.15) is 11.9 Å². The molecule has 5 N–H and O–H groups in total. The van der Waals surface area contributed by atoms with Crippen molar-refractivity contribution in [3.8, 4) is 0 Å². The molecule has 1 saturated heterocycles. The van der Waals surface area contributed by atoms with Crippen LogP contribution in [-0.4, -0.2) is 82.5 Å². The molecule has 150 valence electrons. The number of rotatable bonds is 7. The molecule has 1 fully saturated rings. The van der Waals surface area contributed by atoms with E-state index in [0.29, 0.717) is 23.5 Å². The van der Waals surface area contributed by atoms with Crippen LogP contribution < -0.4 is 5.32 Å². The molecule has 1 aliphatic rings. The number of aromatic nitrogens is 6. The molecule has 0 aromatic carbocycles. The number of aromatic amines is 1. The molecule has 11 nitrogen and oxygen atoms in total. The first kappa shape index (κ1) is 19.1. The van der Waals surface area contributed by atoms with Gasteiger partial charge in [-0.3, -0.25) is 4.57 Å². The summed E-state index contributed by atoms with van der Waals surface area (Å²) in [4.78, 5) is 20.3. The summed E-state index contributed by atoms with van der Waals surface area (Å²) in [6.07, 6.45) is 3.22. The number of aliphatic hydroxyl groups is 3. The van der Waals surface area contributed by atoms with Crippen molar-refractivity contribution in [1.82, 2.24) is 29.5 Å². The van der Waals surface area contributed by atoms with Gasteiger partial charge < -0.3 is 30.4 Å². The van der Waals surface area contributed by atoms with E-state index in [-0.39, 0.29) is 0 Å². The first-order chi connectivity index (χ1) is 13.6. The Balaban J connectivity index is 1.50. The molecule has 0 saturated carbocycles. The highest BCUT2D eigenvalue weighted by Crippen LogP contribution is 2.32. The van der Waals surface area contributed by atoms with Gasteiger partial charge >= 0.3 is 0 Å². The minimum Gasteiger partial charge on any atom is -0.394 e. The maximum absolute atomic E-state index is 10.2. The topological polar surface area (TPSA) is 154 Å². The van der Waals surface area contributed by atoms with Crippen LogP contribution in [0, 0.1) is 0 Å². The molecule has 3 aromatic rings. The number of ether oxygens (including phenoxy) is 1. The molecule has 0 amide bonds. The fourth-order valence-electron chi connectivity index (χ4n) is 3.16. The Morgan fingerprint density at radius 2 is 2.11 bits per heavy atom. The van der Waals surface area contributed by atoms with Crippen LogP contribution in [0.25, 0.3) is 11.2 Å². The van der Waals surface area contributed by atoms with E-state index in [1.54, 1.807) is 18.0 Å². The van der Waals surface area contributed by atoms with Crippen molar-refractivity contribution in [1.29, 1.82) is 0 Å². The Hall–Kier alpha value is -2.25. The Kier molecular flexibility index (Phi) is 5.46. The lowest BCUT2D eigenvalue weighted by molar-refractivity contribution is -0.0511. The SMILES string of the molecule is CSc1ncc(CCNc2ncnc3c2ncn3[C@@H]2O[C@H](CO)[C@@H](O)[C@H]2O)[nH]1. The van der Waals surface area contributed by atoms with Gasteiger partial charge in [-0.15, -0.1) is 0 Å². The van der Waals surface area contributed by atoms with Crippen molar-refractivity contribution in [2.45, 2.75) is 36.1 Å². The second-order valence-electron chi connectivity index (χ2n) is 6.37. The van der Waals surface area contributed by atoms with E-state index in [2.05, 4.69) is 30.2 Å². The highest BCUT2D eigenvalue weighted by molar-refractivity contribution is 7.98. The summed E-state index contributed by atoms with van der Waals surface area (Å²) in [7, 11) is 0. The number of aliphatic hydroxyl groups excluding tert-OH is 3. The van der Waals surface area contributed by atoms with Crippen molar-refractivity contribution in [2.24, 2.45) is 0 Å². The lowest BCUT2D eigenvalue weighted by Gasteiger charge is -2.16. The number of hydrogen-bond donors (Lipinski definition) is 5. The van der Waals surface area contributed by atoms with Crippen molar-refractivity contribution < 1.29 is 20.1 Å². The van der Waals surface area contributed by atoms with Gasteiger partial charge in [0.25, 0.3) is 0 Å². The van der Waals surface area contributed by atoms with Gasteiger partial charge in [0.1, 0.15) is 24.6 Å². The number of thioether (sulfide) groups is 1. The fourth-order valence-corrected chi connectivity index (χ4v) is 3.55. The normalized spacial score (nSPS) is 24.9. The van der Waals surface area contributed by atoms with E-state index in [0.717, 1.165) is 17.3 Å². The molecule has 0 unspecified atom stereocenters. The zero-order valence-corrected chi connectivity index (χ0v) is 15.9. The van der Waals surface area contributed by atoms with E-state index in [9.17, 15) is 15.3 Å². The van der Waals surface area contributed by atoms with Crippen LogP contribution in [0.15, 0.2) is 24.0 Å². The molecule has 4 atom stereocenters. The molecule has 0 radical (unpaired) electrons. The van der Waals surface area contributed by atoms with Gasteiger partial charge in [0.05, 0.1) is 12.9 Å². The molecule has 12 heteroatoms. The Morgan fingerprint density at radius 1 is 1.25 bits per heavy atom. The summed E-state index contributed by atoms with van der Waals surface area (Å²) in [5, 5.41) is 33.6. The standard InChI is InChI=1S/C16H21N7O4S/c1-28-16-18-4-8(22-16)2-3-17-13-10-14(20-6-19-13)23(7-21-10)15-12(26)11(25)9(5-24)27-15/h4,6-7,9,11-12,15,24-26H,2-3,5H2,1H3,(H,18,22)(H,17,19,20)/t9-,11-,12-,15-/m1/s1. The second-order valence-corrected chi connectivity index (χ2v) is 7.16. The third-order valence-electron chi connectivity index (χ3n) is 4.64. The van der Waals surface area contributed by atoms with E-state index in [1.165, 1.54) is 17.2 Å². The molecule has 4 rings (SSSR count). The van der Waals surface area contributed by atoms with Crippen LogP contribution in [0.2, 0.25) is 0 Å². The maximum Gasteiger partial charge on any atom is 0.167 e. The van der Waals surface area contributed by atoms with E-state index in [1.807, 2.05) is 6.26 Å². The monoisotopic (exact) mass is 407 g/mol. The van der Waals surface area contributed by atoms with Gasteiger partial charge in [-0.25, -0.2) is 19.9 Å². The highest BCUT2D eigenvalue weighted by atomic mass is 32.2. The largest absolute Gasteiger partial charge is 0.394 e. The first-order valence-electron chi connectivity index (χ1n) is 8.74. The van der Waals surface area contributed by atoms with Gasteiger partial charge in [0.2, 0.25) is 0 Å². The molecular formula is C16H21N7O4S. The minimum absolute atomic E-state index is 0.394. The van der Waals surface area contributed by atoms with Crippen LogP contribution in [0.3, 0.4) is 0 Å². The zero-order chi connectivity index (χ0) is 19.7. The molecule has 0 spiro atoms. The van der Waals surface area contributed by atoms with Gasteiger partial charge in [0, 0.05) is 24.9 Å². The molecule has 4 heterocycles. The predicted octanol–water partition coefficient (Wildman–Crippen LogP) is -0.463. The van der Waals surface area contributed by atoms with Crippen molar-refractivity contribution in [3.63, 3.8) is 0 Å². The highest BCUT2D eigenvalue weighted by Gasteiger charge is 2.44. The average molecular weight is 407 g/mol. The molecule has 0 bridgehead atoms. The summed E-state index contributed by atoms with van der Waals surface area (Å²) >= 11 is 1.55. The third kappa shape index (κ3) is 3.44. The van der Waals surface area contributed by atoms with Crippen molar-refractivity contribution in [2.75, 3.05) is 24.7 Å². The molecular weight excluding hydrogens is 386 g/mol. The van der Waals surface area contributed by atoms with Gasteiger partial charge in [-0.1, -0.05) is 11.8 Å². The Bertz CT molecular complexity index is 948. The number of H-pyrrole nitrogens is 1. The molecule has 28 heavy (non-hydrogen) atoms. The first-order valence-corrected chi connectivity index (χ1v) is 9.96. The zero-order valence-electron chi connectivity index (χ0n) is 15.1. The molecule has 0 aliphatic carbocycles. The maximum atomic E-state index is 10.2. The van der Waals surface area contributed by atoms with Gasteiger partial charge in [-0.05, 0) is 6.26 Å². The van der Waals surface area contributed by atoms with E-state index in [4.69, 9.17) is 4.74 Å². The van der Waals surface area contributed by atoms with Crippen LogP contribution in [0.4, 0.5) is 5.82 Å². The smallest absolute Gasteiger partial charge is 0.167 e.